The zero-order chi connectivity index (χ0) is 12.1. The molecule has 0 aromatic heterocycles. The number of hydrogen-bond acceptors (Lipinski definition) is 5. The number of hydrogen-bond donors (Lipinski definition) is 5. The monoisotopic (exact) mass is 226 g/mol. The van der Waals surface area contributed by atoms with Crippen LogP contribution in [0, 0.1) is 0 Å². The van der Waals surface area contributed by atoms with Crippen LogP contribution in [0.1, 0.15) is 12.0 Å². The molecule has 1 aromatic carbocycles. The highest BCUT2D eigenvalue weighted by Crippen LogP contribution is 2.36. The molecule has 0 unspecified atom stereocenters. The minimum Gasteiger partial charge on any atom is -0.504 e. The molecule has 1 amide bonds. The van der Waals surface area contributed by atoms with Crippen LogP contribution >= 0.6 is 0 Å². The van der Waals surface area contributed by atoms with Crippen molar-refractivity contribution in [3.05, 3.63) is 17.7 Å². The van der Waals surface area contributed by atoms with E-state index in [9.17, 15) is 15.0 Å². The average molecular weight is 226 g/mol. The fourth-order valence-corrected chi connectivity index (χ4v) is 1.19. The number of phenolic OH excluding ortho intramolecular Hbond substituents is 3. The van der Waals surface area contributed by atoms with Gasteiger partial charge in [0.2, 0.25) is 11.7 Å². The Morgan fingerprint density at radius 1 is 1.25 bits per heavy atom. The van der Waals surface area contributed by atoms with Gasteiger partial charge >= 0.3 is 0 Å². The maximum Gasteiger partial charge on any atom is 0.218 e. The molecule has 6 nitrogen and oxygen atoms in total. The second-order valence-corrected chi connectivity index (χ2v) is 3.33. The molecule has 0 saturated heterocycles. The molecule has 0 aliphatic heterocycles. The second kappa shape index (κ2) is 5.22. The van der Waals surface area contributed by atoms with E-state index in [2.05, 4.69) is 5.32 Å². The maximum atomic E-state index is 10.4. The van der Waals surface area contributed by atoms with Gasteiger partial charge in [-0.3, -0.25) is 4.79 Å². The van der Waals surface area contributed by atoms with Gasteiger partial charge in [0, 0.05) is 25.1 Å². The van der Waals surface area contributed by atoms with Gasteiger partial charge in [0.25, 0.3) is 0 Å². The molecule has 0 saturated carbocycles. The number of rotatable bonds is 5. The molecule has 0 aliphatic carbocycles. The molecule has 0 radical (unpaired) electrons. The average Bonchev–Trinajstić information content (AvgIpc) is 2.23. The summed E-state index contributed by atoms with van der Waals surface area (Å²) in [5.41, 5.74) is 5.37. The standard InChI is InChI=1S/C10H14N2O4/c11-8(14)3-4-12-5-6-1-2-7(13)10(16)9(6)15/h1-2,12-13,15-16H,3-5H2,(H2,11,14). The third kappa shape index (κ3) is 3.03. The summed E-state index contributed by atoms with van der Waals surface area (Å²) >= 11 is 0. The molecule has 6 heteroatoms. The van der Waals surface area contributed by atoms with E-state index in [1.165, 1.54) is 12.1 Å². The van der Waals surface area contributed by atoms with Gasteiger partial charge in [0.1, 0.15) is 0 Å². The Labute approximate surface area is 92.3 Å². The zero-order valence-corrected chi connectivity index (χ0v) is 8.60. The van der Waals surface area contributed by atoms with Crippen LogP contribution in [-0.2, 0) is 11.3 Å². The summed E-state index contributed by atoms with van der Waals surface area (Å²) in [6, 6.07) is 2.75. The lowest BCUT2D eigenvalue weighted by molar-refractivity contribution is -0.117. The molecule has 0 spiro atoms. The lowest BCUT2D eigenvalue weighted by Gasteiger charge is -2.08. The maximum absolute atomic E-state index is 10.4. The van der Waals surface area contributed by atoms with Gasteiger partial charge in [-0.2, -0.15) is 0 Å². The quantitative estimate of drug-likeness (QED) is 0.351. The number of benzene rings is 1. The summed E-state index contributed by atoms with van der Waals surface area (Å²) in [4.78, 5) is 10.4. The normalized spacial score (nSPS) is 10.2. The highest BCUT2D eigenvalue weighted by atomic mass is 16.3. The van der Waals surface area contributed by atoms with Crippen LogP contribution in [0.5, 0.6) is 17.2 Å². The number of carbonyl (C=O) groups is 1. The van der Waals surface area contributed by atoms with E-state index in [0.717, 1.165) is 0 Å². The molecular formula is C10H14N2O4. The molecule has 0 bridgehead atoms. The van der Waals surface area contributed by atoms with Crippen molar-refractivity contribution in [1.29, 1.82) is 0 Å². The highest BCUT2D eigenvalue weighted by Gasteiger charge is 2.10. The molecule has 0 heterocycles. The summed E-state index contributed by atoms with van der Waals surface area (Å²) in [6.07, 6.45) is 0.199. The Hall–Kier alpha value is -1.95. The van der Waals surface area contributed by atoms with E-state index in [0.29, 0.717) is 12.1 Å². The number of nitrogens with one attached hydrogen (secondary N) is 1. The molecule has 0 aliphatic rings. The number of phenols is 3. The number of carbonyl (C=O) groups excluding carboxylic acids is 1. The molecule has 1 rings (SSSR count). The fraction of sp³-hybridized carbons (Fsp3) is 0.300. The van der Waals surface area contributed by atoms with Crippen molar-refractivity contribution in [2.24, 2.45) is 5.73 Å². The van der Waals surface area contributed by atoms with Crippen molar-refractivity contribution in [2.45, 2.75) is 13.0 Å². The third-order valence-electron chi connectivity index (χ3n) is 2.08. The van der Waals surface area contributed by atoms with Gasteiger partial charge in [-0.15, -0.1) is 0 Å². The lowest BCUT2D eigenvalue weighted by Crippen LogP contribution is -2.21. The summed E-state index contributed by atoms with van der Waals surface area (Å²) in [5.74, 6) is -1.70. The summed E-state index contributed by atoms with van der Waals surface area (Å²) in [6.45, 7) is 0.656. The highest BCUT2D eigenvalue weighted by molar-refractivity contribution is 5.73. The Morgan fingerprint density at radius 3 is 2.56 bits per heavy atom. The van der Waals surface area contributed by atoms with Crippen molar-refractivity contribution in [3.63, 3.8) is 0 Å². The van der Waals surface area contributed by atoms with Gasteiger partial charge in [-0.25, -0.2) is 0 Å². The molecule has 88 valence electrons. The Balaban J connectivity index is 2.55. The van der Waals surface area contributed by atoms with E-state index in [1.54, 1.807) is 0 Å². The predicted octanol–water partition coefficient (Wildman–Crippen LogP) is -0.232. The van der Waals surface area contributed by atoms with Crippen LogP contribution in [0.4, 0.5) is 0 Å². The Bertz CT molecular complexity index is 393. The lowest BCUT2D eigenvalue weighted by atomic mass is 10.1. The largest absolute Gasteiger partial charge is 0.504 e. The third-order valence-corrected chi connectivity index (χ3v) is 2.08. The molecule has 0 fully saturated rings. The first-order valence-corrected chi connectivity index (χ1v) is 4.74. The number of aromatic hydroxyl groups is 3. The van der Waals surface area contributed by atoms with Gasteiger partial charge in [0.05, 0.1) is 0 Å². The van der Waals surface area contributed by atoms with Crippen molar-refractivity contribution in [1.82, 2.24) is 5.32 Å². The first-order chi connectivity index (χ1) is 7.52. The van der Waals surface area contributed by atoms with Crippen LogP contribution in [0.25, 0.3) is 0 Å². The van der Waals surface area contributed by atoms with Gasteiger partial charge in [-0.1, -0.05) is 6.07 Å². The van der Waals surface area contributed by atoms with Crippen molar-refractivity contribution >= 4 is 5.91 Å². The van der Waals surface area contributed by atoms with E-state index in [-0.39, 0.29) is 24.5 Å². The van der Waals surface area contributed by atoms with E-state index in [1.807, 2.05) is 0 Å². The van der Waals surface area contributed by atoms with Crippen LogP contribution in [0.3, 0.4) is 0 Å². The SMILES string of the molecule is NC(=O)CCNCc1ccc(O)c(O)c1O. The second-order valence-electron chi connectivity index (χ2n) is 3.33. The first-order valence-electron chi connectivity index (χ1n) is 4.74. The van der Waals surface area contributed by atoms with Crippen molar-refractivity contribution in [3.8, 4) is 17.2 Å². The van der Waals surface area contributed by atoms with Crippen LogP contribution in [-0.4, -0.2) is 27.8 Å². The van der Waals surface area contributed by atoms with Crippen LogP contribution < -0.4 is 11.1 Å². The van der Waals surface area contributed by atoms with Crippen LogP contribution in [0.2, 0.25) is 0 Å². The summed E-state index contributed by atoms with van der Waals surface area (Å²) in [5, 5.41) is 30.6. The topological polar surface area (TPSA) is 116 Å². The van der Waals surface area contributed by atoms with E-state index in [4.69, 9.17) is 10.8 Å². The molecule has 6 N–H and O–H groups in total. The smallest absolute Gasteiger partial charge is 0.218 e. The molecular weight excluding hydrogens is 212 g/mol. The van der Waals surface area contributed by atoms with Gasteiger partial charge < -0.3 is 26.4 Å². The minimum absolute atomic E-state index is 0.199. The summed E-state index contributed by atoms with van der Waals surface area (Å²) in [7, 11) is 0. The van der Waals surface area contributed by atoms with Gasteiger partial charge in [-0.05, 0) is 6.07 Å². The zero-order valence-electron chi connectivity index (χ0n) is 8.60. The minimum atomic E-state index is -0.547. The van der Waals surface area contributed by atoms with Crippen molar-refractivity contribution in [2.75, 3.05) is 6.54 Å². The number of nitrogens with two attached hydrogens (primary N) is 1. The Morgan fingerprint density at radius 2 is 1.94 bits per heavy atom. The van der Waals surface area contributed by atoms with E-state index < -0.39 is 11.7 Å². The molecule has 16 heavy (non-hydrogen) atoms. The molecule has 0 atom stereocenters. The number of amides is 1. The number of primary amides is 1. The van der Waals surface area contributed by atoms with Gasteiger partial charge in [0.15, 0.2) is 11.5 Å². The summed E-state index contributed by atoms with van der Waals surface area (Å²) < 4.78 is 0. The first kappa shape index (κ1) is 12.1. The predicted molar refractivity (Wildman–Crippen MR) is 57.0 cm³/mol. The molecule has 1 aromatic rings. The Kier molecular flexibility index (Phi) is 3.96. The van der Waals surface area contributed by atoms with Crippen LogP contribution in [0.15, 0.2) is 12.1 Å². The van der Waals surface area contributed by atoms with Crippen molar-refractivity contribution < 1.29 is 20.1 Å². The van der Waals surface area contributed by atoms with E-state index >= 15 is 0 Å². The fourth-order valence-electron chi connectivity index (χ4n) is 1.19.